The topological polar surface area (TPSA) is 102 Å². The Balaban J connectivity index is 1.63. The number of H-pyrrole nitrogens is 1. The fourth-order valence-corrected chi connectivity index (χ4v) is 4.72. The zero-order valence-corrected chi connectivity index (χ0v) is 17.5. The molecule has 2 unspecified atom stereocenters. The van der Waals surface area contributed by atoms with Crippen molar-refractivity contribution in [2.24, 2.45) is 0 Å². The van der Waals surface area contributed by atoms with E-state index in [-0.39, 0.29) is 29.4 Å². The van der Waals surface area contributed by atoms with E-state index in [1.54, 1.807) is 6.07 Å². The summed E-state index contributed by atoms with van der Waals surface area (Å²) in [5, 5.41) is 3.71. The van der Waals surface area contributed by atoms with Gasteiger partial charge in [-0.15, -0.1) is 0 Å². The minimum absolute atomic E-state index is 0.0401. The molecule has 0 aromatic carbocycles. The number of aromatic amines is 1. The minimum atomic E-state index is -4.62. The van der Waals surface area contributed by atoms with Gasteiger partial charge in [0.2, 0.25) is 5.95 Å². The summed E-state index contributed by atoms with van der Waals surface area (Å²) in [5.41, 5.74) is 6.42. The Hall–Kier alpha value is -2.72. The average molecular weight is 446 g/mol. The second kappa shape index (κ2) is 8.32. The molecule has 2 aliphatic rings. The molecular weight excluding hydrogens is 421 g/mol. The second-order valence-corrected chi connectivity index (χ2v) is 8.42. The Bertz CT molecular complexity index is 1120. The zero-order valence-electron chi connectivity index (χ0n) is 17.5. The summed E-state index contributed by atoms with van der Waals surface area (Å²) < 4.78 is 48.7. The van der Waals surface area contributed by atoms with Gasteiger partial charge in [-0.25, -0.2) is 15.0 Å². The van der Waals surface area contributed by atoms with Crippen molar-refractivity contribution in [3.63, 3.8) is 0 Å². The number of anilines is 1. The van der Waals surface area contributed by atoms with E-state index in [1.165, 1.54) is 6.20 Å². The third kappa shape index (κ3) is 3.93. The zero-order chi connectivity index (χ0) is 22.3. The standard InChI is InChI=1S/C22H25F3N6O/c23-22(24,25)17-18(12-4-3-8-27-10-12)30-21(26)31-19(17)14-11-28-20-13(14)6-7-15(29-20)16-5-1-2-9-32-16/h6-7,11-12,16,27H,1-5,8-10H2,(H,28,29)(H2,26,30,31). The third-order valence-electron chi connectivity index (χ3n) is 6.25. The molecule has 2 atom stereocenters. The smallest absolute Gasteiger partial charge is 0.372 e. The number of aromatic nitrogens is 4. The quantitative estimate of drug-likeness (QED) is 0.554. The van der Waals surface area contributed by atoms with E-state index in [2.05, 4.69) is 25.3 Å². The summed E-state index contributed by atoms with van der Waals surface area (Å²) in [6, 6.07) is 3.60. The molecule has 10 heteroatoms. The summed E-state index contributed by atoms with van der Waals surface area (Å²) in [4.78, 5) is 15.7. The van der Waals surface area contributed by atoms with Crippen LogP contribution in [0.3, 0.4) is 0 Å². The monoisotopic (exact) mass is 446 g/mol. The fraction of sp³-hybridized carbons (Fsp3) is 0.500. The van der Waals surface area contributed by atoms with E-state index in [4.69, 9.17) is 10.5 Å². The number of nitrogens with zero attached hydrogens (tertiary/aromatic N) is 3. The fourth-order valence-electron chi connectivity index (χ4n) is 4.72. The van der Waals surface area contributed by atoms with Gasteiger partial charge < -0.3 is 20.8 Å². The molecule has 2 fully saturated rings. The molecule has 32 heavy (non-hydrogen) atoms. The van der Waals surface area contributed by atoms with Gasteiger partial charge in [-0.2, -0.15) is 13.2 Å². The van der Waals surface area contributed by atoms with E-state index in [0.717, 1.165) is 37.9 Å². The Morgan fingerprint density at radius 3 is 2.66 bits per heavy atom. The maximum absolute atomic E-state index is 14.3. The predicted octanol–water partition coefficient (Wildman–Crippen LogP) is 4.33. The molecule has 5 heterocycles. The van der Waals surface area contributed by atoms with Crippen LogP contribution < -0.4 is 11.1 Å². The van der Waals surface area contributed by atoms with E-state index in [0.29, 0.717) is 36.2 Å². The van der Waals surface area contributed by atoms with Gasteiger partial charge in [0.05, 0.1) is 23.2 Å². The van der Waals surface area contributed by atoms with Gasteiger partial charge in [-0.3, -0.25) is 0 Å². The van der Waals surface area contributed by atoms with Crippen LogP contribution in [0, 0.1) is 0 Å². The summed E-state index contributed by atoms with van der Waals surface area (Å²) in [5.74, 6) is -0.536. The van der Waals surface area contributed by atoms with Crippen LogP contribution in [0.25, 0.3) is 22.3 Å². The van der Waals surface area contributed by atoms with Crippen molar-refractivity contribution in [1.29, 1.82) is 0 Å². The first kappa shape index (κ1) is 21.1. The molecule has 3 aromatic heterocycles. The molecule has 3 aromatic rings. The molecule has 0 amide bonds. The lowest BCUT2D eigenvalue weighted by Gasteiger charge is -2.26. The van der Waals surface area contributed by atoms with E-state index in [1.807, 2.05) is 6.07 Å². The Kier molecular flexibility index (Phi) is 5.50. The maximum atomic E-state index is 14.3. The van der Waals surface area contributed by atoms with Crippen LogP contribution in [-0.2, 0) is 10.9 Å². The molecular formula is C22H25F3N6O. The van der Waals surface area contributed by atoms with Crippen molar-refractivity contribution >= 4 is 17.0 Å². The number of alkyl halides is 3. The second-order valence-electron chi connectivity index (χ2n) is 8.42. The van der Waals surface area contributed by atoms with Gasteiger partial charge in [0.1, 0.15) is 11.2 Å². The maximum Gasteiger partial charge on any atom is 0.420 e. The third-order valence-corrected chi connectivity index (χ3v) is 6.25. The number of fused-ring (bicyclic) bond motifs is 1. The van der Waals surface area contributed by atoms with Crippen molar-refractivity contribution in [1.82, 2.24) is 25.3 Å². The number of nitrogens with two attached hydrogens (primary N) is 1. The number of hydrogen-bond donors (Lipinski definition) is 3. The summed E-state index contributed by atoms with van der Waals surface area (Å²) in [6.45, 7) is 1.90. The molecule has 170 valence electrons. The Morgan fingerprint density at radius 1 is 1.06 bits per heavy atom. The van der Waals surface area contributed by atoms with Crippen molar-refractivity contribution in [3.8, 4) is 11.3 Å². The van der Waals surface area contributed by atoms with Crippen molar-refractivity contribution in [3.05, 3.63) is 35.3 Å². The number of nitrogens with one attached hydrogen (secondary N) is 2. The van der Waals surface area contributed by atoms with Gasteiger partial charge in [-0.1, -0.05) is 0 Å². The largest absolute Gasteiger partial charge is 0.420 e. The average Bonchev–Trinajstić information content (AvgIpc) is 3.22. The molecule has 2 aliphatic heterocycles. The first-order chi connectivity index (χ1) is 15.4. The highest BCUT2D eigenvalue weighted by Crippen LogP contribution is 2.43. The number of piperidine rings is 1. The van der Waals surface area contributed by atoms with Crippen LogP contribution in [0.4, 0.5) is 19.1 Å². The SMILES string of the molecule is Nc1nc(-c2c[nH]c3nc(C4CCCCO4)ccc23)c(C(F)(F)F)c(C2CCCNC2)n1. The van der Waals surface area contributed by atoms with Crippen LogP contribution in [0.15, 0.2) is 18.3 Å². The van der Waals surface area contributed by atoms with Crippen LogP contribution in [0.1, 0.15) is 61.1 Å². The summed E-state index contributed by atoms with van der Waals surface area (Å²) >= 11 is 0. The van der Waals surface area contributed by atoms with Crippen molar-refractivity contribution in [2.75, 3.05) is 25.4 Å². The number of pyridine rings is 1. The number of rotatable bonds is 3. The van der Waals surface area contributed by atoms with Crippen LogP contribution in [-0.4, -0.2) is 39.6 Å². The highest BCUT2D eigenvalue weighted by molar-refractivity contribution is 5.93. The lowest BCUT2D eigenvalue weighted by Crippen LogP contribution is -2.31. The Labute approximate surface area is 183 Å². The first-order valence-electron chi connectivity index (χ1n) is 11.0. The minimum Gasteiger partial charge on any atom is -0.372 e. The van der Waals surface area contributed by atoms with Crippen molar-refractivity contribution < 1.29 is 17.9 Å². The van der Waals surface area contributed by atoms with Gasteiger partial charge >= 0.3 is 6.18 Å². The van der Waals surface area contributed by atoms with E-state index >= 15 is 0 Å². The molecule has 2 saturated heterocycles. The normalized spacial score (nSPS) is 22.3. The molecule has 0 saturated carbocycles. The molecule has 5 rings (SSSR count). The van der Waals surface area contributed by atoms with Gasteiger partial charge in [0, 0.05) is 36.2 Å². The van der Waals surface area contributed by atoms with Gasteiger partial charge in [0.25, 0.3) is 0 Å². The van der Waals surface area contributed by atoms with Crippen LogP contribution >= 0.6 is 0 Å². The highest BCUT2D eigenvalue weighted by atomic mass is 19.4. The number of ether oxygens (including phenoxy) is 1. The molecule has 0 bridgehead atoms. The predicted molar refractivity (Wildman–Crippen MR) is 114 cm³/mol. The molecule has 7 nitrogen and oxygen atoms in total. The lowest BCUT2D eigenvalue weighted by atomic mass is 9.90. The molecule has 0 radical (unpaired) electrons. The highest BCUT2D eigenvalue weighted by Gasteiger charge is 2.41. The summed E-state index contributed by atoms with van der Waals surface area (Å²) in [7, 11) is 0. The molecule has 0 spiro atoms. The summed E-state index contributed by atoms with van der Waals surface area (Å²) in [6.07, 6.45) is 1.17. The number of nitrogen functional groups attached to an aromatic ring is 1. The molecule has 0 aliphatic carbocycles. The first-order valence-corrected chi connectivity index (χ1v) is 11.0. The number of hydrogen-bond acceptors (Lipinski definition) is 6. The van der Waals surface area contributed by atoms with Crippen molar-refractivity contribution in [2.45, 2.75) is 50.3 Å². The van der Waals surface area contributed by atoms with E-state index in [9.17, 15) is 13.2 Å². The van der Waals surface area contributed by atoms with Crippen LogP contribution in [0.2, 0.25) is 0 Å². The van der Waals surface area contributed by atoms with Gasteiger partial charge in [-0.05, 0) is 50.8 Å². The molecule has 4 N–H and O–H groups in total. The Morgan fingerprint density at radius 2 is 1.94 bits per heavy atom. The number of halogens is 3. The van der Waals surface area contributed by atoms with Crippen LogP contribution in [0.5, 0.6) is 0 Å². The van der Waals surface area contributed by atoms with E-state index < -0.39 is 11.7 Å². The lowest BCUT2D eigenvalue weighted by molar-refractivity contribution is -0.138. The van der Waals surface area contributed by atoms with Gasteiger partial charge in [0.15, 0.2) is 0 Å².